The Bertz CT molecular complexity index is 335. The van der Waals surface area contributed by atoms with Crippen LogP contribution in [0.25, 0.3) is 0 Å². The molecule has 74 valence electrons. The summed E-state index contributed by atoms with van der Waals surface area (Å²) in [5.41, 5.74) is -0.00875. The van der Waals surface area contributed by atoms with E-state index in [1.165, 1.54) is 4.68 Å². The van der Waals surface area contributed by atoms with Crippen LogP contribution in [0.5, 0.6) is 0 Å². The molecule has 1 heterocycles. The number of hydrogen-bond acceptors (Lipinski definition) is 2. The summed E-state index contributed by atoms with van der Waals surface area (Å²) in [6, 6.07) is 0. The molecule has 0 bridgehead atoms. The quantitative estimate of drug-likeness (QED) is 0.704. The van der Waals surface area contributed by atoms with Crippen molar-refractivity contribution in [3.63, 3.8) is 0 Å². The van der Waals surface area contributed by atoms with Gasteiger partial charge in [0.15, 0.2) is 0 Å². The van der Waals surface area contributed by atoms with Crippen LogP contribution in [0.2, 0.25) is 0 Å². The van der Waals surface area contributed by atoms with Gasteiger partial charge in [-0.2, -0.15) is 5.10 Å². The second kappa shape index (κ2) is 3.77. The maximum absolute atomic E-state index is 11.5. The highest BCUT2D eigenvalue weighted by molar-refractivity contribution is 4.93. The highest BCUT2D eigenvalue weighted by Crippen LogP contribution is 2.09. The minimum absolute atomic E-state index is 0.00875. The summed E-state index contributed by atoms with van der Waals surface area (Å²) in [6.07, 6.45) is 0.964. The molecule has 0 spiro atoms. The van der Waals surface area contributed by atoms with E-state index in [0.717, 1.165) is 18.8 Å². The zero-order valence-corrected chi connectivity index (χ0v) is 8.74. The molecular formula is C9H17N3O. The summed E-state index contributed by atoms with van der Waals surface area (Å²) in [6.45, 7) is 6.92. The lowest BCUT2D eigenvalue weighted by Gasteiger charge is -2.05. The second-order valence-corrected chi connectivity index (χ2v) is 3.57. The number of aromatic nitrogens is 3. The molecule has 0 aliphatic heterocycles. The monoisotopic (exact) mass is 183 g/mol. The lowest BCUT2D eigenvalue weighted by molar-refractivity contribution is 0.594. The fourth-order valence-electron chi connectivity index (χ4n) is 1.38. The molecular weight excluding hydrogens is 166 g/mol. The number of hydrogen-bond donors (Lipinski definition) is 0. The van der Waals surface area contributed by atoms with Gasteiger partial charge in [-0.05, 0) is 6.42 Å². The highest BCUT2D eigenvalue weighted by Gasteiger charge is 2.12. The van der Waals surface area contributed by atoms with Crippen molar-refractivity contribution < 1.29 is 0 Å². The molecule has 1 aromatic rings. The molecule has 0 aromatic carbocycles. The molecule has 4 nitrogen and oxygen atoms in total. The van der Waals surface area contributed by atoms with Crippen molar-refractivity contribution in [1.29, 1.82) is 0 Å². The summed E-state index contributed by atoms with van der Waals surface area (Å²) in [5.74, 6) is 1.19. The maximum Gasteiger partial charge on any atom is 0.345 e. The fourth-order valence-corrected chi connectivity index (χ4v) is 1.38. The van der Waals surface area contributed by atoms with Gasteiger partial charge in [-0.3, -0.25) is 4.57 Å². The van der Waals surface area contributed by atoms with Crippen LogP contribution in [0, 0.1) is 0 Å². The lowest BCUT2D eigenvalue weighted by atomic mass is 10.2. The van der Waals surface area contributed by atoms with E-state index in [1.807, 2.05) is 13.8 Å². The molecule has 0 unspecified atom stereocenters. The van der Waals surface area contributed by atoms with Gasteiger partial charge in [0.1, 0.15) is 5.82 Å². The molecule has 0 amide bonds. The van der Waals surface area contributed by atoms with Crippen molar-refractivity contribution in [2.75, 3.05) is 0 Å². The van der Waals surface area contributed by atoms with E-state index in [2.05, 4.69) is 12.0 Å². The van der Waals surface area contributed by atoms with E-state index >= 15 is 0 Å². The fraction of sp³-hybridized carbons (Fsp3) is 0.778. The van der Waals surface area contributed by atoms with Crippen LogP contribution in [-0.2, 0) is 13.6 Å². The predicted molar refractivity (Wildman–Crippen MR) is 51.8 cm³/mol. The van der Waals surface area contributed by atoms with Gasteiger partial charge >= 0.3 is 5.69 Å². The van der Waals surface area contributed by atoms with Gasteiger partial charge in [0.2, 0.25) is 0 Å². The lowest BCUT2D eigenvalue weighted by Crippen LogP contribution is -2.23. The molecule has 1 aromatic heterocycles. The highest BCUT2D eigenvalue weighted by atomic mass is 16.2. The van der Waals surface area contributed by atoms with Crippen molar-refractivity contribution in [3.05, 3.63) is 16.3 Å². The minimum atomic E-state index is -0.00875. The SMILES string of the molecule is CCCn1c(C(C)C)nn(C)c1=O. The van der Waals surface area contributed by atoms with Crippen molar-refractivity contribution in [2.45, 2.75) is 39.7 Å². The third kappa shape index (κ3) is 1.82. The normalized spacial score (nSPS) is 11.2. The number of aryl methyl sites for hydroxylation is 1. The Morgan fingerprint density at radius 2 is 2.08 bits per heavy atom. The Morgan fingerprint density at radius 1 is 1.46 bits per heavy atom. The van der Waals surface area contributed by atoms with Gasteiger partial charge < -0.3 is 0 Å². The van der Waals surface area contributed by atoms with Gasteiger partial charge in [0.05, 0.1) is 0 Å². The maximum atomic E-state index is 11.5. The molecule has 0 aliphatic carbocycles. The molecule has 0 atom stereocenters. The zero-order valence-electron chi connectivity index (χ0n) is 8.74. The predicted octanol–water partition coefficient (Wildman–Crippen LogP) is 1.12. The standard InChI is InChI=1S/C9H17N3O/c1-5-6-12-8(7(2)3)10-11(4)9(12)13/h7H,5-6H2,1-4H3. The Morgan fingerprint density at radius 3 is 2.54 bits per heavy atom. The van der Waals surface area contributed by atoms with E-state index in [1.54, 1.807) is 11.6 Å². The summed E-state index contributed by atoms with van der Waals surface area (Å²) in [7, 11) is 1.69. The molecule has 1 rings (SSSR count). The number of nitrogens with zero attached hydrogens (tertiary/aromatic N) is 3. The Balaban J connectivity index is 3.19. The van der Waals surface area contributed by atoms with Crippen LogP contribution in [0.4, 0.5) is 0 Å². The molecule has 0 fully saturated rings. The minimum Gasteiger partial charge on any atom is -0.279 e. The van der Waals surface area contributed by atoms with E-state index in [0.29, 0.717) is 5.92 Å². The topological polar surface area (TPSA) is 39.8 Å². The Kier molecular flexibility index (Phi) is 2.90. The van der Waals surface area contributed by atoms with Crippen LogP contribution in [0.1, 0.15) is 38.9 Å². The van der Waals surface area contributed by atoms with Crippen LogP contribution in [0.3, 0.4) is 0 Å². The van der Waals surface area contributed by atoms with E-state index in [-0.39, 0.29) is 5.69 Å². The third-order valence-corrected chi connectivity index (χ3v) is 2.00. The second-order valence-electron chi connectivity index (χ2n) is 3.57. The zero-order chi connectivity index (χ0) is 10.0. The Hall–Kier alpha value is -1.06. The van der Waals surface area contributed by atoms with Crippen molar-refractivity contribution in [3.8, 4) is 0 Å². The summed E-state index contributed by atoms with van der Waals surface area (Å²) < 4.78 is 3.16. The molecule has 4 heteroatoms. The molecule has 0 aliphatic rings. The first-order valence-electron chi connectivity index (χ1n) is 4.71. The molecule has 0 radical (unpaired) electrons. The summed E-state index contributed by atoms with van der Waals surface area (Å²) in [4.78, 5) is 11.5. The van der Waals surface area contributed by atoms with Gasteiger partial charge in [0.25, 0.3) is 0 Å². The van der Waals surface area contributed by atoms with Gasteiger partial charge in [0, 0.05) is 19.5 Å². The van der Waals surface area contributed by atoms with Gasteiger partial charge in [-0.1, -0.05) is 20.8 Å². The Labute approximate surface area is 78.2 Å². The van der Waals surface area contributed by atoms with Crippen molar-refractivity contribution >= 4 is 0 Å². The van der Waals surface area contributed by atoms with Gasteiger partial charge in [-0.15, -0.1) is 0 Å². The first-order valence-corrected chi connectivity index (χ1v) is 4.71. The molecule has 0 N–H and O–H groups in total. The number of rotatable bonds is 3. The first-order chi connectivity index (χ1) is 6.07. The van der Waals surface area contributed by atoms with E-state index < -0.39 is 0 Å². The van der Waals surface area contributed by atoms with Gasteiger partial charge in [-0.25, -0.2) is 9.48 Å². The van der Waals surface area contributed by atoms with Crippen LogP contribution in [-0.4, -0.2) is 14.3 Å². The molecule has 0 saturated heterocycles. The molecule has 13 heavy (non-hydrogen) atoms. The van der Waals surface area contributed by atoms with E-state index in [4.69, 9.17) is 0 Å². The average Bonchev–Trinajstić information content (AvgIpc) is 2.33. The first kappa shape index (κ1) is 10.0. The van der Waals surface area contributed by atoms with Crippen LogP contribution in [0.15, 0.2) is 4.79 Å². The largest absolute Gasteiger partial charge is 0.345 e. The van der Waals surface area contributed by atoms with Crippen LogP contribution < -0.4 is 5.69 Å². The van der Waals surface area contributed by atoms with Crippen molar-refractivity contribution in [2.24, 2.45) is 7.05 Å². The smallest absolute Gasteiger partial charge is 0.279 e. The molecule has 0 saturated carbocycles. The average molecular weight is 183 g/mol. The third-order valence-electron chi connectivity index (χ3n) is 2.00. The van der Waals surface area contributed by atoms with Crippen molar-refractivity contribution in [1.82, 2.24) is 14.3 Å². The summed E-state index contributed by atoms with van der Waals surface area (Å²) in [5, 5.41) is 4.20. The summed E-state index contributed by atoms with van der Waals surface area (Å²) >= 11 is 0. The van der Waals surface area contributed by atoms with E-state index in [9.17, 15) is 4.79 Å². The van der Waals surface area contributed by atoms with Crippen LogP contribution >= 0.6 is 0 Å².